The summed E-state index contributed by atoms with van der Waals surface area (Å²) in [7, 11) is 1.87. The van der Waals surface area contributed by atoms with Gasteiger partial charge in [-0.15, -0.1) is 0 Å². The first kappa shape index (κ1) is 28.1. The minimum absolute atomic E-state index is 0.0455. The third-order valence-electron chi connectivity index (χ3n) is 8.93. The lowest BCUT2D eigenvalue weighted by Crippen LogP contribution is -2.54. The van der Waals surface area contributed by atoms with E-state index in [2.05, 4.69) is 35.5 Å². The van der Waals surface area contributed by atoms with Crippen molar-refractivity contribution in [2.75, 3.05) is 26.7 Å². The second-order valence-electron chi connectivity index (χ2n) is 11.6. The molecule has 0 bridgehead atoms. The first-order valence-corrected chi connectivity index (χ1v) is 14.4. The Kier molecular flexibility index (Phi) is 8.45. The monoisotopic (exact) mass is 548 g/mol. The molecule has 0 aromatic heterocycles. The number of likely N-dealkylation sites (N-methyl/N-ethyl adjacent to an activating group) is 1. The molecule has 7 nitrogen and oxygen atoms in total. The molecule has 5 rings (SSSR count). The van der Waals surface area contributed by atoms with Gasteiger partial charge in [0.25, 0.3) is 0 Å². The Hall–Kier alpha value is -3.39. The van der Waals surface area contributed by atoms with E-state index in [9.17, 15) is 14.0 Å². The van der Waals surface area contributed by atoms with Crippen LogP contribution in [0, 0.1) is 23.6 Å². The minimum atomic E-state index is -0.790. The van der Waals surface area contributed by atoms with Crippen LogP contribution in [0.1, 0.15) is 43.7 Å². The first-order valence-electron chi connectivity index (χ1n) is 14.4. The van der Waals surface area contributed by atoms with Gasteiger partial charge in [0.05, 0.1) is 0 Å². The van der Waals surface area contributed by atoms with E-state index in [0.29, 0.717) is 37.5 Å². The largest absolute Gasteiger partial charge is 0.492 e. The normalized spacial score (nSPS) is 30.1. The Morgan fingerprint density at radius 1 is 1.05 bits per heavy atom. The van der Waals surface area contributed by atoms with Crippen LogP contribution in [0.5, 0.6) is 5.75 Å². The molecule has 2 aliphatic carbocycles. The highest BCUT2D eigenvalue weighted by molar-refractivity contribution is 5.90. The maximum absolute atomic E-state index is 13.5. The Bertz CT molecular complexity index is 1230. The van der Waals surface area contributed by atoms with Crippen molar-refractivity contribution in [3.63, 3.8) is 0 Å². The first-order chi connectivity index (χ1) is 19.2. The quantitative estimate of drug-likeness (QED) is 0.546. The highest BCUT2D eigenvalue weighted by Gasteiger charge is 2.48. The second kappa shape index (κ2) is 12.0. The van der Waals surface area contributed by atoms with E-state index in [4.69, 9.17) is 4.74 Å². The van der Waals surface area contributed by atoms with Gasteiger partial charge in [-0.3, -0.25) is 9.59 Å². The van der Waals surface area contributed by atoms with Gasteiger partial charge in [-0.25, -0.2) is 4.39 Å². The van der Waals surface area contributed by atoms with Crippen molar-refractivity contribution in [1.29, 1.82) is 0 Å². The average molecular weight is 549 g/mol. The van der Waals surface area contributed by atoms with Crippen molar-refractivity contribution in [3.05, 3.63) is 77.8 Å². The number of rotatable bonds is 3. The van der Waals surface area contributed by atoms with Gasteiger partial charge in [0, 0.05) is 38.3 Å². The summed E-state index contributed by atoms with van der Waals surface area (Å²) in [5.41, 5.74) is 2.79. The van der Waals surface area contributed by atoms with Crippen molar-refractivity contribution < 1.29 is 18.7 Å². The second-order valence-corrected chi connectivity index (χ2v) is 11.6. The van der Waals surface area contributed by atoms with Crippen LogP contribution in [-0.2, 0) is 16.0 Å². The van der Waals surface area contributed by atoms with Crippen LogP contribution >= 0.6 is 0 Å². The van der Waals surface area contributed by atoms with Crippen molar-refractivity contribution in [2.45, 2.75) is 57.2 Å². The van der Waals surface area contributed by atoms with E-state index < -0.39 is 12.1 Å². The third kappa shape index (κ3) is 6.33. The number of nitrogens with zero attached hydrogens (tertiary/aromatic N) is 1. The molecule has 40 heavy (non-hydrogen) atoms. The van der Waals surface area contributed by atoms with Crippen molar-refractivity contribution in [2.24, 2.45) is 17.8 Å². The number of fused-ring (bicyclic) bond motifs is 3. The standard InChI is InChI=1S/C32H41FN4O3/c1-19-26-18-35-32(39)27(17-22-9-13-24(33)14-10-22)36-31(38)21(3)37(4)20(2)30(23-11-12-23)34-15-16-40-28-8-6-5-7-25(28)29(19)26/h5-10,13-14,19,21,23,26-27,29-30,34H,2,11-12,15-18H2,1,3-4H3,(H,35,39)(H,36,38)/t19-,21-,26+,27-,29?,30?/m1/s1. The number of hydrogen-bond acceptors (Lipinski definition) is 5. The van der Waals surface area contributed by atoms with E-state index in [1.165, 1.54) is 17.7 Å². The van der Waals surface area contributed by atoms with Gasteiger partial charge in [0.1, 0.15) is 30.3 Å². The molecule has 1 aliphatic heterocycles. The van der Waals surface area contributed by atoms with E-state index in [0.717, 1.165) is 29.9 Å². The zero-order valence-electron chi connectivity index (χ0n) is 23.7. The fourth-order valence-corrected chi connectivity index (χ4v) is 5.96. The van der Waals surface area contributed by atoms with Crippen molar-refractivity contribution in [3.8, 4) is 5.75 Å². The smallest absolute Gasteiger partial charge is 0.243 e. The summed E-state index contributed by atoms with van der Waals surface area (Å²) >= 11 is 0. The summed E-state index contributed by atoms with van der Waals surface area (Å²) in [6.07, 6.45) is 2.51. The van der Waals surface area contributed by atoms with Gasteiger partial charge < -0.3 is 25.6 Å². The predicted molar refractivity (Wildman–Crippen MR) is 153 cm³/mol. The van der Waals surface area contributed by atoms with Gasteiger partial charge >= 0.3 is 0 Å². The average Bonchev–Trinajstić information content (AvgIpc) is 3.88. The number of nitrogens with one attached hydrogen (secondary N) is 3. The van der Waals surface area contributed by atoms with Crippen LogP contribution < -0.4 is 20.7 Å². The van der Waals surface area contributed by atoms with Crippen LogP contribution in [0.15, 0.2) is 60.8 Å². The van der Waals surface area contributed by atoms with Gasteiger partial charge in [-0.05, 0) is 72.8 Å². The van der Waals surface area contributed by atoms with Crippen molar-refractivity contribution in [1.82, 2.24) is 20.9 Å². The number of carbonyl (C=O) groups excluding carboxylic acids is 2. The highest BCUT2D eigenvalue weighted by atomic mass is 19.1. The Balaban J connectivity index is 1.39. The summed E-state index contributed by atoms with van der Waals surface area (Å²) in [4.78, 5) is 28.8. The number of carbonyl (C=O) groups is 2. The molecule has 2 aromatic rings. The molecule has 3 aliphatic rings. The molecule has 6 atom stereocenters. The molecule has 214 valence electrons. The van der Waals surface area contributed by atoms with E-state index >= 15 is 0 Å². The number of para-hydroxylation sites is 1. The maximum Gasteiger partial charge on any atom is 0.243 e. The zero-order chi connectivity index (χ0) is 28.4. The Morgan fingerprint density at radius 2 is 1.77 bits per heavy atom. The topological polar surface area (TPSA) is 82.7 Å². The lowest BCUT2D eigenvalue weighted by Gasteiger charge is -2.34. The molecule has 0 radical (unpaired) electrons. The molecule has 0 spiro atoms. The van der Waals surface area contributed by atoms with Gasteiger partial charge in [-0.2, -0.15) is 0 Å². The Morgan fingerprint density at radius 3 is 2.50 bits per heavy atom. The van der Waals surface area contributed by atoms with Crippen LogP contribution in [0.2, 0.25) is 0 Å². The molecule has 2 fully saturated rings. The maximum atomic E-state index is 13.5. The molecule has 2 unspecified atom stereocenters. The predicted octanol–water partition coefficient (Wildman–Crippen LogP) is 3.61. The van der Waals surface area contributed by atoms with Crippen molar-refractivity contribution >= 4 is 11.8 Å². The number of benzene rings is 2. The number of hydrogen-bond donors (Lipinski definition) is 3. The summed E-state index contributed by atoms with van der Waals surface area (Å²) in [6.45, 7) is 10.1. The molecule has 2 saturated carbocycles. The molecule has 2 aromatic carbocycles. The lowest BCUT2D eigenvalue weighted by molar-refractivity contribution is -0.131. The number of ether oxygens (including phenoxy) is 1. The fourth-order valence-electron chi connectivity index (χ4n) is 5.96. The van der Waals surface area contributed by atoms with Gasteiger partial charge in [0.15, 0.2) is 0 Å². The molecule has 3 N–H and O–H groups in total. The van der Waals surface area contributed by atoms with E-state index in [1.807, 2.05) is 37.1 Å². The number of halogens is 1. The molecule has 8 heteroatoms. The summed E-state index contributed by atoms with van der Waals surface area (Å²) < 4.78 is 19.8. The van der Waals surface area contributed by atoms with Crippen LogP contribution in [0.25, 0.3) is 0 Å². The Labute approximate surface area is 236 Å². The summed E-state index contributed by atoms with van der Waals surface area (Å²) in [6, 6.07) is 12.9. The molecular weight excluding hydrogens is 507 g/mol. The van der Waals surface area contributed by atoms with E-state index in [-0.39, 0.29) is 36.0 Å². The summed E-state index contributed by atoms with van der Waals surface area (Å²) in [5.74, 6) is 1.50. The molecule has 2 amide bonds. The van der Waals surface area contributed by atoms with Gasteiger partial charge in [0.2, 0.25) is 11.8 Å². The zero-order valence-corrected chi connectivity index (χ0v) is 23.7. The molecule has 1 heterocycles. The fraction of sp³-hybridized carbons (Fsp3) is 0.500. The van der Waals surface area contributed by atoms with Crippen LogP contribution in [0.3, 0.4) is 0 Å². The number of amides is 2. The summed E-state index contributed by atoms with van der Waals surface area (Å²) in [5, 5.41) is 9.70. The minimum Gasteiger partial charge on any atom is -0.492 e. The highest BCUT2D eigenvalue weighted by Crippen LogP contribution is 2.55. The molecule has 0 saturated heterocycles. The SMILES string of the molecule is C=C1C(C2CC2)NCCOc2ccccc2C2[C@@H](CNC(=O)[C@@H](Cc3ccc(F)cc3)NC(=O)[C@@H](C)N1C)[C@H]2C. The van der Waals surface area contributed by atoms with E-state index in [1.54, 1.807) is 12.1 Å². The van der Waals surface area contributed by atoms with Gasteiger partial charge in [-0.1, -0.05) is 43.8 Å². The lowest BCUT2D eigenvalue weighted by atomic mass is 10.0. The van der Waals surface area contributed by atoms with Crippen LogP contribution in [-0.4, -0.2) is 61.6 Å². The van der Waals surface area contributed by atoms with Crippen LogP contribution in [0.4, 0.5) is 4.39 Å². The molecular formula is C32H41FN4O3. The third-order valence-corrected chi connectivity index (χ3v) is 8.93.